The van der Waals surface area contributed by atoms with Crippen LogP contribution in [0.1, 0.15) is 110 Å². The molecule has 3 aromatic rings. The van der Waals surface area contributed by atoms with Gasteiger partial charge in [-0.15, -0.1) is 0 Å². The number of hydrogen-bond donors (Lipinski definition) is 4. The molecule has 5 N–H and O–H groups in total. The lowest BCUT2D eigenvalue weighted by Gasteiger charge is -2.70. The Morgan fingerprint density at radius 2 is 1.78 bits per heavy atom. The fraction of sp³-hybridized carbons (Fsp3) is 0.641. The summed E-state index contributed by atoms with van der Waals surface area (Å²) in [7, 11) is 0. The van der Waals surface area contributed by atoms with Crippen molar-refractivity contribution in [1.29, 1.82) is 0 Å². The van der Waals surface area contributed by atoms with Crippen molar-refractivity contribution in [3.63, 3.8) is 0 Å². The summed E-state index contributed by atoms with van der Waals surface area (Å²) >= 11 is 0. The number of hydrogen-bond acceptors (Lipinski definition) is 3. The number of anilines is 1. The van der Waals surface area contributed by atoms with E-state index in [1.54, 1.807) is 5.57 Å². The predicted octanol–water partition coefficient (Wildman–Crippen LogP) is 8.76. The zero-order chi connectivity index (χ0) is 31.9. The van der Waals surface area contributed by atoms with Crippen LogP contribution in [0.4, 0.5) is 5.82 Å². The lowest BCUT2D eigenvalue weighted by molar-refractivity contribution is -0.161. The quantitative estimate of drug-likeness (QED) is 0.233. The Balaban J connectivity index is 1.37. The number of carboxylic acid groups (broad SMARTS) is 1. The second-order valence-corrected chi connectivity index (χ2v) is 18.0. The van der Waals surface area contributed by atoms with Crippen molar-refractivity contribution in [2.24, 2.45) is 51.2 Å². The highest BCUT2D eigenvalue weighted by atomic mass is 16.4. The average Bonchev–Trinajstić information content (AvgIpc) is 3.58. The van der Waals surface area contributed by atoms with E-state index in [1.165, 1.54) is 46.1 Å². The molecule has 0 amide bonds. The Morgan fingerprint density at radius 3 is 2.53 bits per heavy atom. The Kier molecular flexibility index (Phi) is 5.92. The molecule has 2 aromatic heterocycles. The summed E-state index contributed by atoms with van der Waals surface area (Å²) in [6, 6.07) is 9.19. The summed E-state index contributed by atoms with van der Waals surface area (Å²) in [4.78, 5) is 16.2. The fourth-order valence-corrected chi connectivity index (χ4v) is 12.9. The van der Waals surface area contributed by atoms with Gasteiger partial charge < -0.3 is 15.8 Å². The largest absolute Gasteiger partial charge is 0.481 e. The number of allylic oxidation sites excluding steroid dienone is 2. The Morgan fingerprint density at radius 1 is 1.00 bits per heavy atom. The average molecular weight is 609 g/mol. The summed E-state index contributed by atoms with van der Waals surface area (Å²) in [6.45, 7) is 17.3. The van der Waals surface area contributed by atoms with E-state index in [0.717, 1.165) is 38.5 Å². The number of aromatic nitrogens is 3. The minimum Gasteiger partial charge on any atom is -0.481 e. The van der Waals surface area contributed by atoms with E-state index in [0.29, 0.717) is 23.6 Å². The molecule has 3 saturated carbocycles. The van der Waals surface area contributed by atoms with Gasteiger partial charge in [0.2, 0.25) is 0 Å². The van der Waals surface area contributed by atoms with Crippen LogP contribution in [0.25, 0.3) is 16.5 Å². The predicted molar refractivity (Wildman–Crippen MR) is 180 cm³/mol. The first kappa shape index (κ1) is 29.4. The van der Waals surface area contributed by atoms with E-state index < -0.39 is 5.97 Å². The maximum absolute atomic E-state index is 12.8. The summed E-state index contributed by atoms with van der Waals surface area (Å²) in [6.07, 6.45) is 10.4. The minimum absolute atomic E-state index is 0.00364. The van der Waals surface area contributed by atoms with Gasteiger partial charge in [-0.2, -0.15) is 5.10 Å². The number of nitrogen functional groups attached to an aromatic ring is 1. The van der Waals surface area contributed by atoms with Crippen molar-refractivity contribution in [2.45, 2.75) is 105 Å². The monoisotopic (exact) mass is 608 g/mol. The Hall–Kier alpha value is -3.02. The molecule has 0 saturated heterocycles. The number of nitrogens with two attached hydrogens (primary N) is 1. The smallest absolute Gasteiger partial charge is 0.306 e. The maximum atomic E-state index is 12.8. The lowest BCUT2D eigenvalue weighted by Crippen LogP contribution is -2.64. The third-order valence-electron chi connectivity index (χ3n) is 15.0. The first-order valence-corrected chi connectivity index (χ1v) is 17.5. The number of carboxylic acids is 1. The highest BCUT2D eigenvalue weighted by molar-refractivity contribution is 5.85. The van der Waals surface area contributed by atoms with Crippen LogP contribution in [0.15, 0.2) is 36.0 Å². The fourth-order valence-electron chi connectivity index (χ4n) is 12.9. The molecule has 45 heavy (non-hydrogen) atoms. The van der Waals surface area contributed by atoms with Crippen LogP contribution in [0.5, 0.6) is 0 Å². The van der Waals surface area contributed by atoms with Crippen LogP contribution in [0.3, 0.4) is 0 Å². The number of carbonyl (C=O) groups is 1. The third-order valence-corrected chi connectivity index (χ3v) is 15.0. The van der Waals surface area contributed by atoms with Gasteiger partial charge in [0, 0.05) is 28.4 Å². The molecule has 2 heterocycles. The van der Waals surface area contributed by atoms with E-state index in [9.17, 15) is 9.90 Å². The van der Waals surface area contributed by atoms with Gasteiger partial charge in [-0.1, -0.05) is 60.1 Å². The number of fused-ring (bicyclic) bond motifs is 9. The molecule has 0 aliphatic heterocycles. The lowest BCUT2D eigenvalue weighted by atomic mass is 9.33. The van der Waals surface area contributed by atoms with Crippen molar-refractivity contribution in [1.82, 2.24) is 15.2 Å². The van der Waals surface area contributed by atoms with E-state index in [1.807, 2.05) is 6.20 Å². The molecule has 8 rings (SSSR count). The Bertz CT molecular complexity index is 1760. The van der Waals surface area contributed by atoms with Crippen LogP contribution in [-0.4, -0.2) is 26.3 Å². The maximum Gasteiger partial charge on any atom is 0.306 e. The van der Waals surface area contributed by atoms with E-state index in [4.69, 9.17) is 5.73 Å². The van der Waals surface area contributed by atoms with Gasteiger partial charge in [-0.25, -0.2) is 0 Å². The van der Waals surface area contributed by atoms with E-state index in [-0.39, 0.29) is 38.9 Å². The van der Waals surface area contributed by atoms with Gasteiger partial charge in [0.1, 0.15) is 5.82 Å². The van der Waals surface area contributed by atoms with Crippen LogP contribution in [-0.2, 0) is 16.6 Å². The van der Waals surface area contributed by atoms with Crippen LogP contribution in [0, 0.1) is 51.2 Å². The molecule has 6 nitrogen and oxygen atoms in total. The molecule has 5 aliphatic carbocycles. The number of benzene rings is 1. The second-order valence-electron chi connectivity index (χ2n) is 18.0. The highest BCUT2D eigenvalue weighted by Crippen LogP contribution is 2.76. The first-order valence-electron chi connectivity index (χ1n) is 17.5. The Labute approximate surface area is 268 Å². The van der Waals surface area contributed by atoms with Crippen molar-refractivity contribution >= 4 is 28.3 Å². The molecule has 1 aromatic carbocycles. The van der Waals surface area contributed by atoms with Crippen molar-refractivity contribution in [3.8, 4) is 0 Å². The van der Waals surface area contributed by atoms with E-state index >= 15 is 0 Å². The highest BCUT2D eigenvalue weighted by Gasteiger charge is 2.68. The number of aromatic amines is 2. The summed E-state index contributed by atoms with van der Waals surface area (Å²) in [5, 5.41) is 19.7. The number of rotatable bonds is 2. The van der Waals surface area contributed by atoms with Crippen LogP contribution < -0.4 is 5.73 Å². The molecule has 0 radical (unpaired) electrons. The number of aliphatic carboxylic acids is 1. The van der Waals surface area contributed by atoms with Crippen molar-refractivity contribution in [3.05, 3.63) is 52.9 Å². The van der Waals surface area contributed by atoms with Gasteiger partial charge in [-0.3, -0.25) is 9.89 Å². The third kappa shape index (κ3) is 3.74. The summed E-state index contributed by atoms with van der Waals surface area (Å²) in [5.41, 5.74) is 14.8. The molecule has 8 atom stereocenters. The molecular weight excluding hydrogens is 556 g/mol. The van der Waals surface area contributed by atoms with E-state index in [2.05, 4.69) is 87.9 Å². The number of nitrogens with one attached hydrogen (secondary N) is 2. The van der Waals surface area contributed by atoms with Crippen LogP contribution >= 0.6 is 0 Å². The molecule has 240 valence electrons. The van der Waals surface area contributed by atoms with Gasteiger partial charge in [0.05, 0.1) is 5.92 Å². The molecule has 7 unspecified atom stereocenters. The number of nitrogens with zero attached hydrogens (tertiary/aromatic N) is 1. The second kappa shape index (κ2) is 9.07. The molecule has 0 spiro atoms. The first-order chi connectivity index (χ1) is 21.1. The molecule has 0 bridgehead atoms. The van der Waals surface area contributed by atoms with Gasteiger partial charge in [0.15, 0.2) is 0 Å². The van der Waals surface area contributed by atoms with Crippen molar-refractivity contribution in [2.75, 3.05) is 5.73 Å². The zero-order valence-electron chi connectivity index (χ0n) is 28.3. The van der Waals surface area contributed by atoms with Gasteiger partial charge in [-0.05, 0) is 131 Å². The SMILES string of the molecule is CC1(C)CC2C3=C(c4ccc5[nH]ccc5c4)CC4C5(C)Cc6c(N)n[nH]c6C(C)(C)C5CCC4(C)C3(C)CCC2[C@H](C(=O)O)C1. The minimum atomic E-state index is -0.594. The molecule has 5 aliphatic rings. The van der Waals surface area contributed by atoms with Crippen molar-refractivity contribution < 1.29 is 9.90 Å². The zero-order valence-corrected chi connectivity index (χ0v) is 28.3. The summed E-state index contributed by atoms with van der Waals surface area (Å²) in [5.74, 6) is 1.31. The topological polar surface area (TPSA) is 108 Å². The molecule has 6 heteroatoms. The number of H-pyrrole nitrogens is 2. The van der Waals surface area contributed by atoms with Gasteiger partial charge in [0.25, 0.3) is 0 Å². The summed E-state index contributed by atoms with van der Waals surface area (Å²) < 4.78 is 0. The molecule has 3 fully saturated rings. The van der Waals surface area contributed by atoms with Crippen LogP contribution in [0.2, 0.25) is 0 Å². The van der Waals surface area contributed by atoms with Gasteiger partial charge >= 0.3 is 5.97 Å². The molecular formula is C39H52N4O2. The normalized spacial score (nSPS) is 39.8. The standard InChI is InChI=1S/C39H52N4O2/c1-35(2)18-25-23(26(19-35)34(44)45)10-13-39(7)31(25)24(21-8-9-28-22(16-21)12-15-41-28)17-30-37(5)20-27-32(42-43-33(27)40)36(3,4)29(37)11-14-38(30,39)6/h8-9,12,15-16,23,25-26,29-30,41H,10-11,13-14,17-20H2,1-7H3,(H,44,45)(H3,40,42,43)/t23?,25?,26-,29?,30?,37?,38?,39?/m1/s1.